The Labute approximate surface area is 75.9 Å². The first kappa shape index (κ1) is 9.66. The van der Waals surface area contributed by atoms with Crippen molar-refractivity contribution in [3.63, 3.8) is 0 Å². The van der Waals surface area contributed by atoms with Gasteiger partial charge in [-0.2, -0.15) is 5.10 Å². The van der Waals surface area contributed by atoms with Crippen molar-refractivity contribution in [2.75, 3.05) is 0 Å². The first-order valence-corrected chi connectivity index (χ1v) is 4.02. The van der Waals surface area contributed by atoms with Gasteiger partial charge in [-0.1, -0.05) is 0 Å². The fourth-order valence-corrected chi connectivity index (χ4v) is 0.837. The van der Waals surface area contributed by atoms with Crippen LogP contribution >= 0.6 is 0 Å². The summed E-state index contributed by atoms with van der Waals surface area (Å²) in [6, 6.07) is -0.702. The molecule has 1 aromatic heterocycles. The van der Waals surface area contributed by atoms with Gasteiger partial charge in [0.1, 0.15) is 12.2 Å². The molecular formula is C7H13N5O. The quantitative estimate of drug-likeness (QED) is 0.579. The predicted octanol–water partition coefficient (Wildman–Crippen LogP) is -0.671. The molecule has 6 heteroatoms. The van der Waals surface area contributed by atoms with Crippen LogP contribution in [0.2, 0.25) is 0 Å². The van der Waals surface area contributed by atoms with Crippen LogP contribution in [0.5, 0.6) is 0 Å². The van der Waals surface area contributed by atoms with E-state index < -0.39 is 6.04 Å². The Bertz CT molecular complexity index is 268. The zero-order valence-electron chi connectivity index (χ0n) is 7.61. The van der Waals surface area contributed by atoms with Crippen molar-refractivity contribution in [3.05, 3.63) is 12.2 Å². The third kappa shape index (κ3) is 2.51. The van der Waals surface area contributed by atoms with Gasteiger partial charge in [-0.3, -0.25) is 9.89 Å². The Hall–Kier alpha value is -1.43. The second-order valence-electron chi connectivity index (χ2n) is 2.89. The molecule has 0 radical (unpaired) electrons. The van der Waals surface area contributed by atoms with E-state index in [4.69, 9.17) is 5.73 Å². The minimum atomic E-state index is -0.509. The van der Waals surface area contributed by atoms with Gasteiger partial charge in [0.2, 0.25) is 5.91 Å². The smallest absolute Gasteiger partial charge is 0.237 e. The number of aromatic nitrogens is 3. The number of aromatic amines is 1. The van der Waals surface area contributed by atoms with E-state index in [1.807, 2.05) is 0 Å². The first-order chi connectivity index (χ1) is 6.11. The number of hydrogen-bond acceptors (Lipinski definition) is 4. The summed E-state index contributed by atoms with van der Waals surface area (Å²) < 4.78 is 0. The second-order valence-corrected chi connectivity index (χ2v) is 2.89. The SMILES string of the molecule is CC(NC(=O)[C@@H](C)N)c1ncn[nH]1. The highest BCUT2D eigenvalue weighted by Gasteiger charge is 2.13. The van der Waals surface area contributed by atoms with E-state index in [0.717, 1.165) is 0 Å². The topological polar surface area (TPSA) is 96.7 Å². The molecule has 0 aliphatic carbocycles. The van der Waals surface area contributed by atoms with Crippen LogP contribution in [-0.2, 0) is 4.79 Å². The minimum absolute atomic E-state index is 0.194. The van der Waals surface area contributed by atoms with Crippen LogP contribution in [0.25, 0.3) is 0 Å². The standard InChI is InChI=1S/C7H13N5O/c1-4(8)7(13)11-5(2)6-9-3-10-12-6/h3-5H,8H2,1-2H3,(H,11,13)(H,9,10,12)/t4-,5?/m1/s1. The minimum Gasteiger partial charge on any atom is -0.345 e. The van der Waals surface area contributed by atoms with Gasteiger partial charge in [-0.05, 0) is 13.8 Å². The van der Waals surface area contributed by atoms with E-state index in [0.29, 0.717) is 5.82 Å². The summed E-state index contributed by atoms with van der Waals surface area (Å²) >= 11 is 0. The fraction of sp³-hybridized carbons (Fsp3) is 0.571. The van der Waals surface area contributed by atoms with Crippen molar-refractivity contribution in [3.8, 4) is 0 Å². The fourth-order valence-electron chi connectivity index (χ4n) is 0.837. The molecule has 1 aromatic rings. The van der Waals surface area contributed by atoms with Crippen LogP contribution in [0.15, 0.2) is 6.33 Å². The van der Waals surface area contributed by atoms with Gasteiger partial charge in [0.25, 0.3) is 0 Å². The van der Waals surface area contributed by atoms with Crippen molar-refractivity contribution < 1.29 is 4.79 Å². The van der Waals surface area contributed by atoms with E-state index in [-0.39, 0.29) is 11.9 Å². The average molecular weight is 183 g/mol. The lowest BCUT2D eigenvalue weighted by Gasteiger charge is -2.12. The number of nitrogens with zero attached hydrogens (tertiary/aromatic N) is 2. The van der Waals surface area contributed by atoms with Gasteiger partial charge < -0.3 is 11.1 Å². The summed E-state index contributed by atoms with van der Waals surface area (Å²) in [7, 11) is 0. The molecule has 4 N–H and O–H groups in total. The molecule has 1 rings (SSSR count). The maximum Gasteiger partial charge on any atom is 0.237 e. The van der Waals surface area contributed by atoms with Crippen LogP contribution in [0.3, 0.4) is 0 Å². The van der Waals surface area contributed by atoms with Gasteiger partial charge >= 0.3 is 0 Å². The van der Waals surface area contributed by atoms with Crippen LogP contribution < -0.4 is 11.1 Å². The highest BCUT2D eigenvalue weighted by molar-refractivity contribution is 5.81. The zero-order valence-corrected chi connectivity index (χ0v) is 7.61. The molecule has 6 nitrogen and oxygen atoms in total. The summed E-state index contributed by atoms with van der Waals surface area (Å²) in [5.41, 5.74) is 5.38. The Balaban J connectivity index is 2.51. The molecule has 0 aliphatic heterocycles. The largest absolute Gasteiger partial charge is 0.345 e. The number of amides is 1. The van der Waals surface area contributed by atoms with E-state index in [1.54, 1.807) is 13.8 Å². The molecule has 1 heterocycles. The lowest BCUT2D eigenvalue weighted by molar-refractivity contribution is -0.122. The average Bonchev–Trinajstić information content (AvgIpc) is 2.55. The van der Waals surface area contributed by atoms with Crippen molar-refractivity contribution >= 4 is 5.91 Å². The second kappa shape index (κ2) is 3.99. The number of carbonyl (C=O) groups is 1. The van der Waals surface area contributed by atoms with Gasteiger partial charge in [-0.15, -0.1) is 0 Å². The van der Waals surface area contributed by atoms with Gasteiger partial charge in [-0.25, -0.2) is 4.98 Å². The Morgan fingerprint density at radius 1 is 1.69 bits per heavy atom. The van der Waals surface area contributed by atoms with Gasteiger partial charge in [0.15, 0.2) is 0 Å². The lowest BCUT2D eigenvalue weighted by Crippen LogP contribution is -2.39. The molecule has 1 amide bonds. The monoisotopic (exact) mass is 183 g/mol. The Kier molecular flexibility index (Phi) is 2.97. The number of hydrogen-bond donors (Lipinski definition) is 3. The summed E-state index contributed by atoms with van der Waals surface area (Å²) in [4.78, 5) is 15.1. The van der Waals surface area contributed by atoms with Crippen molar-refractivity contribution in [2.45, 2.75) is 25.9 Å². The molecule has 2 atom stereocenters. The molecule has 0 bridgehead atoms. The third-order valence-corrected chi connectivity index (χ3v) is 1.62. The van der Waals surface area contributed by atoms with Crippen LogP contribution in [0.1, 0.15) is 25.7 Å². The highest BCUT2D eigenvalue weighted by Crippen LogP contribution is 2.03. The molecule has 0 saturated heterocycles. The van der Waals surface area contributed by atoms with Crippen molar-refractivity contribution in [1.29, 1.82) is 0 Å². The number of nitrogens with one attached hydrogen (secondary N) is 2. The van der Waals surface area contributed by atoms with Gasteiger partial charge in [0.05, 0.1) is 12.1 Å². The van der Waals surface area contributed by atoms with Crippen molar-refractivity contribution in [1.82, 2.24) is 20.5 Å². The maximum atomic E-state index is 11.2. The van der Waals surface area contributed by atoms with E-state index in [2.05, 4.69) is 20.5 Å². The predicted molar refractivity (Wildman–Crippen MR) is 46.6 cm³/mol. The van der Waals surface area contributed by atoms with E-state index in [9.17, 15) is 4.79 Å². The van der Waals surface area contributed by atoms with Crippen LogP contribution in [0, 0.1) is 0 Å². The molecular weight excluding hydrogens is 170 g/mol. The molecule has 0 spiro atoms. The van der Waals surface area contributed by atoms with E-state index >= 15 is 0 Å². The molecule has 0 saturated carbocycles. The number of rotatable bonds is 3. The molecule has 0 aliphatic rings. The number of carbonyl (C=O) groups excluding carboxylic acids is 1. The van der Waals surface area contributed by atoms with Gasteiger partial charge in [0, 0.05) is 0 Å². The third-order valence-electron chi connectivity index (χ3n) is 1.62. The maximum absolute atomic E-state index is 11.2. The summed E-state index contributed by atoms with van der Waals surface area (Å²) in [6.45, 7) is 3.43. The summed E-state index contributed by atoms with van der Waals surface area (Å²) in [5.74, 6) is 0.415. The summed E-state index contributed by atoms with van der Waals surface area (Å²) in [5, 5.41) is 9.03. The summed E-state index contributed by atoms with van der Waals surface area (Å²) in [6.07, 6.45) is 1.39. The van der Waals surface area contributed by atoms with Crippen molar-refractivity contribution in [2.24, 2.45) is 5.73 Å². The Morgan fingerprint density at radius 3 is 2.85 bits per heavy atom. The molecule has 72 valence electrons. The normalized spacial score (nSPS) is 15.0. The van der Waals surface area contributed by atoms with Crippen LogP contribution in [0.4, 0.5) is 0 Å². The van der Waals surface area contributed by atoms with Crippen LogP contribution in [-0.4, -0.2) is 27.1 Å². The molecule has 0 fully saturated rings. The zero-order chi connectivity index (χ0) is 9.84. The van der Waals surface area contributed by atoms with E-state index in [1.165, 1.54) is 6.33 Å². The lowest BCUT2D eigenvalue weighted by atomic mass is 10.2. The number of nitrogens with two attached hydrogens (primary N) is 1. The highest BCUT2D eigenvalue weighted by atomic mass is 16.2. The molecule has 0 aromatic carbocycles. The molecule has 1 unspecified atom stereocenters. The number of H-pyrrole nitrogens is 1. The molecule has 13 heavy (non-hydrogen) atoms. The first-order valence-electron chi connectivity index (χ1n) is 4.02. The Morgan fingerprint density at radius 2 is 2.38 bits per heavy atom.